The Kier molecular flexibility index (Phi) is 2.79. The molecular formula is C14H20N2O. The Bertz CT molecular complexity index is 376. The van der Waals surface area contributed by atoms with Crippen molar-refractivity contribution in [3.8, 4) is 0 Å². The van der Waals surface area contributed by atoms with Crippen molar-refractivity contribution in [2.75, 3.05) is 18.0 Å². The first-order valence-electron chi connectivity index (χ1n) is 6.63. The summed E-state index contributed by atoms with van der Waals surface area (Å²) in [7, 11) is 0. The number of nitrogens with zero attached hydrogens (tertiary/aromatic N) is 2. The number of hydrogen-bond donors (Lipinski definition) is 1. The summed E-state index contributed by atoms with van der Waals surface area (Å²) in [5.41, 5.74) is 1.97. The zero-order chi connectivity index (χ0) is 11.8. The van der Waals surface area contributed by atoms with Gasteiger partial charge in [0.1, 0.15) is 0 Å². The highest BCUT2D eigenvalue weighted by Crippen LogP contribution is 2.39. The van der Waals surface area contributed by atoms with E-state index in [2.05, 4.69) is 16.0 Å². The number of aliphatic hydroxyl groups excluding tert-OH is 1. The molecule has 3 rings (SSSR count). The largest absolute Gasteiger partial charge is 0.387 e. The van der Waals surface area contributed by atoms with E-state index in [0.29, 0.717) is 0 Å². The third-order valence-electron chi connectivity index (χ3n) is 4.29. The van der Waals surface area contributed by atoms with Gasteiger partial charge in [-0.2, -0.15) is 0 Å². The summed E-state index contributed by atoms with van der Waals surface area (Å²) in [6.07, 6.45) is 5.66. The standard InChI is InChI=1S/C14H20N2O/c1-10(17)14-6-5-13(7-15-14)16-8-11-3-2-4-12(11)9-16/h5-7,10-12,17H,2-4,8-9H2,1H3/t10-,11?,12?/m1/s1. The van der Waals surface area contributed by atoms with Crippen LogP contribution in [0.15, 0.2) is 18.3 Å². The van der Waals surface area contributed by atoms with Crippen molar-refractivity contribution in [1.29, 1.82) is 0 Å². The second-order valence-corrected chi connectivity index (χ2v) is 5.47. The lowest BCUT2D eigenvalue weighted by molar-refractivity contribution is 0.194. The molecule has 1 aliphatic heterocycles. The normalized spacial score (nSPS) is 29.4. The van der Waals surface area contributed by atoms with Crippen LogP contribution in [0.2, 0.25) is 0 Å². The van der Waals surface area contributed by atoms with Crippen LogP contribution < -0.4 is 4.90 Å². The molecule has 2 aliphatic rings. The summed E-state index contributed by atoms with van der Waals surface area (Å²) >= 11 is 0. The maximum atomic E-state index is 9.44. The summed E-state index contributed by atoms with van der Waals surface area (Å²) in [5, 5.41) is 9.44. The number of pyridine rings is 1. The molecule has 2 fully saturated rings. The summed E-state index contributed by atoms with van der Waals surface area (Å²) in [6, 6.07) is 4.03. The molecule has 17 heavy (non-hydrogen) atoms. The van der Waals surface area contributed by atoms with Crippen molar-refractivity contribution in [3.63, 3.8) is 0 Å². The molecule has 2 unspecified atom stereocenters. The first-order valence-corrected chi connectivity index (χ1v) is 6.63. The molecule has 1 N–H and O–H groups in total. The molecule has 3 heteroatoms. The fourth-order valence-corrected chi connectivity index (χ4v) is 3.28. The average Bonchev–Trinajstić information content (AvgIpc) is 2.89. The molecule has 1 saturated heterocycles. The van der Waals surface area contributed by atoms with E-state index >= 15 is 0 Å². The van der Waals surface area contributed by atoms with Gasteiger partial charge in [0.05, 0.1) is 23.7 Å². The summed E-state index contributed by atoms with van der Waals surface area (Å²) in [5.74, 6) is 1.82. The zero-order valence-corrected chi connectivity index (χ0v) is 10.3. The van der Waals surface area contributed by atoms with Gasteiger partial charge in [-0.1, -0.05) is 6.42 Å². The van der Waals surface area contributed by atoms with Crippen molar-refractivity contribution >= 4 is 5.69 Å². The molecule has 0 spiro atoms. The van der Waals surface area contributed by atoms with E-state index in [1.807, 2.05) is 12.3 Å². The lowest BCUT2D eigenvalue weighted by Gasteiger charge is -2.19. The fraction of sp³-hybridized carbons (Fsp3) is 0.643. The molecule has 0 amide bonds. The van der Waals surface area contributed by atoms with Crippen LogP contribution in [-0.4, -0.2) is 23.2 Å². The van der Waals surface area contributed by atoms with Crippen LogP contribution in [0.4, 0.5) is 5.69 Å². The highest BCUT2D eigenvalue weighted by Gasteiger charge is 2.36. The highest BCUT2D eigenvalue weighted by molar-refractivity contribution is 5.46. The van der Waals surface area contributed by atoms with Crippen molar-refractivity contribution in [2.24, 2.45) is 11.8 Å². The van der Waals surface area contributed by atoms with Crippen LogP contribution in [-0.2, 0) is 0 Å². The maximum absolute atomic E-state index is 9.44. The molecule has 0 radical (unpaired) electrons. The van der Waals surface area contributed by atoms with E-state index in [-0.39, 0.29) is 0 Å². The highest BCUT2D eigenvalue weighted by atomic mass is 16.3. The van der Waals surface area contributed by atoms with Gasteiger partial charge in [-0.05, 0) is 43.7 Å². The first-order chi connectivity index (χ1) is 8.24. The molecular weight excluding hydrogens is 212 g/mol. The molecule has 1 aromatic heterocycles. The summed E-state index contributed by atoms with van der Waals surface area (Å²) in [6.45, 7) is 4.14. The Balaban J connectivity index is 1.73. The van der Waals surface area contributed by atoms with Gasteiger partial charge < -0.3 is 10.0 Å². The number of aliphatic hydroxyl groups is 1. The molecule has 1 saturated carbocycles. The van der Waals surface area contributed by atoms with E-state index < -0.39 is 6.10 Å². The van der Waals surface area contributed by atoms with Crippen LogP contribution >= 0.6 is 0 Å². The van der Waals surface area contributed by atoms with E-state index in [0.717, 1.165) is 17.5 Å². The van der Waals surface area contributed by atoms with E-state index in [1.54, 1.807) is 6.92 Å². The third-order valence-corrected chi connectivity index (χ3v) is 4.29. The smallest absolute Gasteiger partial charge is 0.0931 e. The Morgan fingerprint density at radius 3 is 2.53 bits per heavy atom. The van der Waals surface area contributed by atoms with E-state index in [4.69, 9.17) is 0 Å². The minimum atomic E-state index is -0.470. The van der Waals surface area contributed by atoms with Crippen LogP contribution in [0.25, 0.3) is 0 Å². The minimum absolute atomic E-state index is 0.470. The molecule has 3 atom stereocenters. The lowest BCUT2D eigenvalue weighted by Crippen LogP contribution is -2.20. The Hall–Kier alpha value is -1.09. The zero-order valence-electron chi connectivity index (χ0n) is 10.3. The topological polar surface area (TPSA) is 36.4 Å². The van der Waals surface area contributed by atoms with Crippen molar-refractivity contribution < 1.29 is 5.11 Å². The van der Waals surface area contributed by atoms with Gasteiger partial charge in [0, 0.05) is 13.1 Å². The maximum Gasteiger partial charge on any atom is 0.0931 e. The van der Waals surface area contributed by atoms with E-state index in [9.17, 15) is 5.11 Å². The number of hydrogen-bond acceptors (Lipinski definition) is 3. The van der Waals surface area contributed by atoms with Gasteiger partial charge in [0.15, 0.2) is 0 Å². The Labute approximate surface area is 102 Å². The molecule has 2 heterocycles. The molecule has 1 aromatic rings. The first kappa shape index (κ1) is 11.0. The van der Waals surface area contributed by atoms with E-state index in [1.165, 1.54) is 38.0 Å². The third kappa shape index (κ3) is 2.04. The van der Waals surface area contributed by atoms with Gasteiger partial charge in [0.2, 0.25) is 0 Å². The minimum Gasteiger partial charge on any atom is -0.387 e. The molecule has 1 aliphatic carbocycles. The fourth-order valence-electron chi connectivity index (χ4n) is 3.28. The lowest BCUT2D eigenvalue weighted by atomic mass is 10.0. The van der Waals surface area contributed by atoms with Crippen LogP contribution in [0.3, 0.4) is 0 Å². The summed E-state index contributed by atoms with van der Waals surface area (Å²) in [4.78, 5) is 6.78. The monoisotopic (exact) mass is 232 g/mol. The average molecular weight is 232 g/mol. The second kappa shape index (κ2) is 4.30. The quantitative estimate of drug-likeness (QED) is 0.850. The SMILES string of the molecule is C[C@@H](O)c1ccc(N2CC3CCCC3C2)cn1. The Morgan fingerprint density at radius 2 is 2.00 bits per heavy atom. The predicted octanol–water partition coefficient (Wildman–Crippen LogP) is 2.37. The van der Waals surface area contributed by atoms with Crippen molar-refractivity contribution in [2.45, 2.75) is 32.3 Å². The molecule has 0 aromatic carbocycles. The van der Waals surface area contributed by atoms with Crippen LogP contribution in [0, 0.1) is 11.8 Å². The van der Waals surface area contributed by atoms with Gasteiger partial charge in [0.25, 0.3) is 0 Å². The summed E-state index contributed by atoms with van der Waals surface area (Å²) < 4.78 is 0. The van der Waals surface area contributed by atoms with Gasteiger partial charge >= 0.3 is 0 Å². The second-order valence-electron chi connectivity index (χ2n) is 5.47. The number of rotatable bonds is 2. The number of anilines is 1. The van der Waals surface area contributed by atoms with Crippen LogP contribution in [0.1, 0.15) is 38.0 Å². The number of fused-ring (bicyclic) bond motifs is 1. The van der Waals surface area contributed by atoms with Gasteiger partial charge in [-0.3, -0.25) is 4.98 Å². The van der Waals surface area contributed by atoms with Gasteiger partial charge in [-0.15, -0.1) is 0 Å². The molecule has 3 nitrogen and oxygen atoms in total. The van der Waals surface area contributed by atoms with Gasteiger partial charge in [-0.25, -0.2) is 0 Å². The molecule has 0 bridgehead atoms. The predicted molar refractivity (Wildman–Crippen MR) is 67.9 cm³/mol. The number of aromatic nitrogens is 1. The molecule has 92 valence electrons. The van der Waals surface area contributed by atoms with Crippen molar-refractivity contribution in [3.05, 3.63) is 24.0 Å². The van der Waals surface area contributed by atoms with Crippen molar-refractivity contribution in [1.82, 2.24) is 4.98 Å². The Morgan fingerprint density at radius 1 is 1.29 bits per heavy atom. The van der Waals surface area contributed by atoms with Crippen LogP contribution in [0.5, 0.6) is 0 Å².